The largest absolute Gasteiger partial charge is 0.481 e. The van der Waals surface area contributed by atoms with Crippen LogP contribution in [-0.2, 0) is 39.8 Å². The standard InChI is InChI=1S/C52H79N15O11S/c1-8-20-55-50(75)59-38-13-11-15-40(29-38)79(78)63-39-14-10-12-35(28-39)41(31-46(71)72)61-52(77)58-37-18-16-36(17-19-37)57-51(76)56-21-23-64(5)24-25-65(6)26-27-66(7)32-44(69)60-42(30-43(53)68)49(74)67(22-9-2)33-45(70)62-47(34(3)4)48(54)73/h10-19,28-29,34,41-42,47,63H,8-9,20-27,30-33H2,1-7H3,(H2,53,68)(H2,54,73)(H,60,69)(H,62,70)(H,71,72)(H2,55,59,75)(H2,56,57,76)(H2,58,61,77). The van der Waals surface area contributed by atoms with Crippen molar-refractivity contribution in [1.82, 2.24) is 46.2 Å². The first-order chi connectivity index (χ1) is 37.5. The second kappa shape index (κ2) is 34.1. The maximum atomic E-state index is 13.5. The molecule has 4 unspecified atom stereocenters. The number of hydrogen-bond acceptors (Lipinski definition) is 13. The van der Waals surface area contributed by atoms with Gasteiger partial charge in [-0.05, 0) is 100 Å². The number of benzene rings is 3. The first kappa shape index (κ1) is 65.4. The number of primary amides is 2. The normalized spacial score (nSPS) is 12.6. The Bertz CT molecular complexity index is 2560. The lowest BCUT2D eigenvalue weighted by atomic mass is 10.0. The summed E-state index contributed by atoms with van der Waals surface area (Å²) in [6.45, 7) is 10.6. The van der Waals surface area contributed by atoms with E-state index in [1.807, 2.05) is 25.9 Å². The molecule has 0 spiro atoms. The van der Waals surface area contributed by atoms with Crippen molar-refractivity contribution in [2.75, 3.05) is 107 Å². The molecule has 3 aromatic carbocycles. The van der Waals surface area contributed by atoms with E-state index >= 15 is 0 Å². The third kappa shape index (κ3) is 25.4. The van der Waals surface area contributed by atoms with Crippen LogP contribution in [0.3, 0.4) is 0 Å². The highest BCUT2D eigenvalue weighted by Gasteiger charge is 2.30. The average molecular weight is 1120 g/mol. The van der Waals surface area contributed by atoms with Gasteiger partial charge < -0.3 is 78.5 Å². The summed E-state index contributed by atoms with van der Waals surface area (Å²) in [6, 6.07) is 14.6. The molecule has 0 saturated heterocycles. The topological polar surface area (TPSA) is 364 Å². The molecule has 0 bridgehead atoms. The van der Waals surface area contributed by atoms with Crippen molar-refractivity contribution in [2.24, 2.45) is 17.4 Å². The van der Waals surface area contributed by atoms with Gasteiger partial charge in [0.1, 0.15) is 23.1 Å². The van der Waals surface area contributed by atoms with Gasteiger partial charge in [-0.2, -0.15) is 0 Å². The second-order valence-electron chi connectivity index (χ2n) is 19.2. The summed E-state index contributed by atoms with van der Waals surface area (Å²) >= 11 is 0. The highest BCUT2D eigenvalue weighted by Crippen LogP contribution is 2.24. The molecule has 3 rings (SSSR count). The van der Waals surface area contributed by atoms with E-state index in [-0.39, 0.29) is 25.0 Å². The fraction of sp³-hybridized carbons (Fsp3) is 0.481. The second-order valence-corrected chi connectivity index (χ2v) is 20.4. The van der Waals surface area contributed by atoms with Crippen molar-refractivity contribution in [3.05, 3.63) is 78.4 Å². The third-order valence-corrected chi connectivity index (χ3v) is 12.9. The number of carboxylic acids is 1. The van der Waals surface area contributed by atoms with Crippen molar-refractivity contribution >= 4 is 87.3 Å². The van der Waals surface area contributed by atoms with Crippen LogP contribution in [0.25, 0.3) is 0 Å². The van der Waals surface area contributed by atoms with E-state index in [9.17, 15) is 52.5 Å². The molecule has 434 valence electrons. The van der Waals surface area contributed by atoms with Gasteiger partial charge in [-0.25, -0.2) is 18.6 Å². The molecule has 79 heavy (non-hydrogen) atoms. The lowest BCUT2D eigenvalue weighted by molar-refractivity contribution is -0.141. The molecule has 0 aliphatic carbocycles. The molecule has 0 aliphatic rings. The summed E-state index contributed by atoms with van der Waals surface area (Å²) in [4.78, 5) is 120. The first-order valence-corrected chi connectivity index (χ1v) is 27.0. The minimum Gasteiger partial charge on any atom is -0.481 e. The molecule has 0 aromatic heterocycles. The van der Waals surface area contributed by atoms with Crippen LogP contribution in [0.15, 0.2) is 77.7 Å². The van der Waals surface area contributed by atoms with E-state index in [4.69, 9.17) is 11.5 Å². The van der Waals surface area contributed by atoms with Gasteiger partial charge in [0.2, 0.25) is 29.5 Å². The van der Waals surface area contributed by atoms with Crippen LogP contribution < -0.4 is 58.7 Å². The number of rotatable bonds is 34. The van der Waals surface area contributed by atoms with E-state index in [1.54, 1.807) is 106 Å². The van der Waals surface area contributed by atoms with Crippen LogP contribution in [0.1, 0.15) is 65.0 Å². The maximum Gasteiger partial charge on any atom is 0.319 e. The van der Waals surface area contributed by atoms with Crippen molar-refractivity contribution in [3.8, 4) is 0 Å². The molecular weight excluding hydrogens is 1040 g/mol. The fourth-order valence-corrected chi connectivity index (χ4v) is 8.50. The minimum atomic E-state index is -1.76. The summed E-state index contributed by atoms with van der Waals surface area (Å²) in [6.07, 6.45) is 0.309. The molecule has 0 heterocycles. The molecule has 4 atom stereocenters. The number of carbonyl (C=O) groups excluding carboxylic acids is 8. The highest BCUT2D eigenvalue weighted by molar-refractivity contribution is 7.86. The van der Waals surface area contributed by atoms with Gasteiger partial charge in [-0.3, -0.25) is 33.7 Å². The Balaban J connectivity index is 1.40. The van der Waals surface area contributed by atoms with Gasteiger partial charge in [-0.15, -0.1) is 0 Å². The Labute approximate surface area is 463 Å². The summed E-state index contributed by atoms with van der Waals surface area (Å²) in [5, 5.41) is 31.1. The van der Waals surface area contributed by atoms with E-state index < -0.39 is 96.1 Å². The van der Waals surface area contributed by atoms with Crippen molar-refractivity contribution in [1.29, 1.82) is 0 Å². The summed E-state index contributed by atoms with van der Waals surface area (Å²) in [5.41, 5.74) is 12.9. The number of urea groups is 3. The molecule has 0 aliphatic heterocycles. The monoisotopic (exact) mass is 1120 g/mol. The predicted molar refractivity (Wildman–Crippen MR) is 302 cm³/mol. The maximum absolute atomic E-state index is 13.5. The zero-order valence-electron chi connectivity index (χ0n) is 46.0. The van der Waals surface area contributed by atoms with Crippen molar-refractivity contribution in [2.45, 2.75) is 76.4 Å². The number of aliphatic carboxylic acids is 1. The predicted octanol–water partition coefficient (Wildman–Crippen LogP) is 1.83. The van der Waals surface area contributed by atoms with Gasteiger partial charge in [-0.1, -0.05) is 45.9 Å². The number of amides is 11. The van der Waals surface area contributed by atoms with E-state index in [0.717, 1.165) is 6.42 Å². The lowest BCUT2D eigenvalue weighted by Crippen LogP contribution is -2.55. The van der Waals surface area contributed by atoms with E-state index in [0.29, 0.717) is 85.4 Å². The van der Waals surface area contributed by atoms with Crippen molar-refractivity contribution < 1.29 is 52.5 Å². The van der Waals surface area contributed by atoms with Crippen LogP contribution in [0.2, 0.25) is 0 Å². The van der Waals surface area contributed by atoms with Gasteiger partial charge in [0, 0.05) is 75.1 Å². The smallest absolute Gasteiger partial charge is 0.319 e. The van der Waals surface area contributed by atoms with Gasteiger partial charge >= 0.3 is 24.1 Å². The lowest BCUT2D eigenvalue weighted by Gasteiger charge is -2.28. The zero-order chi connectivity index (χ0) is 58.6. The number of nitrogens with one attached hydrogen (secondary N) is 9. The molecule has 11 amide bonds. The molecular formula is C52H79N15O11S. The Morgan fingerprint density at radius 2 is 1.15 bits per heavy atom. The minimum absolute atomic E-state index is 0.0916. The number of hydrogen-bond donors (Lipinski definition) is 12. The number of nitrogens with zero attached hydrogens (tertiary/aromatic N) is 4. The van der Waals surface area contributed by atoms with Crippen LogP contribution >= 0.6 is 0 Å². The number of carbonyl (C=O) groups is 9. The third-order valence-electron chi connectivity index (χ3n) is 11.8. The first-order valence-electron chi connectivity index (χ1n) is 25.8. The summed E-state index contributed by atoms with van der Waals surface area (Å²) < 4.78 is 16.1. The number of nitrogens with two attached hydrogens (primary N) is 2. The SMILES string of the molecule is CCCNC(=O)Nc1cccc(S(=O)Nc2cccc(C(CC(=O)O)NC(=O)Nc3ccc(NC(=O)NCCN(C)CCN(C)CCN(C)CC(=O)NC(CC(N)=O)C(=O)N(CCC)CC(=O)NC(C(N)=O)C(C)C)cc3)c2)c1. The van der Waals surface area contributed by atoms with E-state index in [1.165, 1.54) is 4.90 Å². The Kier molecular flexibility index (Phi) is 28.2. The molecule has 3 aromatic rings. The Morgan fingerprint density at radius 1 is 0.595 bits per heavy atom. The highest BCUT2D eigenvalue weighted by atomic mass is 32.2. The number of likely N-dealkylation sites (N-methyl/N-ethyl adjacent to an activating group) is 3. The molecule has 0 radical (unpaired) electrons. The van der Waals surface area contributed by atoms with Crippen LogP contribution in [0.5, 0.6) is 0 Å². The fourth-order valence-electron chi connectivity index (χ4n) is 7.60. The summed E-state index contributed by atoms with van der Waals surface area (Å²) in [7, 11) is 3.81. The van der Waals surface area contributed by atoms with Gasteiger partial charge in [0.15, 0.2) is 0 Å². The molecule has 27 heteroatoms. The number of carboxylic acid groups (broad SMARTS) is 1. The molecule has 26 nitrogen and oxygen atoms in total. The average Bonchev–Trinajstić information content (AvgIpc) is 3.38. The van der Waals surface area contributed by atoms with Crippen LogP contribution in [0.4, 0.5) is 37.1 Å². The van der Waals surface area contributed by atoms with Crippen molar-refractivity contribution in [3.63, 3.8) is 0 Å². The molecule has 0 fully saturated rings. The van der Waals surface area contributed by atoms with E-state index in [2.05, 4.69) is 52.2 Å². The van der Waals surface area contributed by atoms with Gasteiger partial charge in [0.05, 0.1) is 36.9 Å². The molecule has 0 saturated carbocycles. The zero-order valence-corrected chi connectivity index (χ0v) is 46.8. The summed E-state index contributed by atoms with van der Waals surface area (Å²) in [5.74, 6) is -4.79. The quantitative estimate of drug-likeness (QED) is 0.0406. The number of anilines is 4. The van der Waals surface area contributed by atoms with Crippen LogP contribution in [-0.4, -0.2) is 181 Å². The molecule has 14 N–H and O–H groups in total. The Morgan fingerprint density at radius 3 is 1.73 bits per heavy atom. The van der Waals surface area contributed by atoms with Gasteiger partial charge in [0.25, 0.3) is 0 Å². The Hall–Kier alpha value is -7.88. The van der Waals surface area contributed by atoms with Crippen LogP contribution in [0, 0.1) is 5.92 Å².